The van der Waals surface area contributed by atoms with Gasteiger partial charge in [-0.05, 0) is 24.5 Å². The first-order valence-electron chi connectivity index (χ1n) is 9.25. The van der Waals surface area contributed by atoms with E-state index in [4.69, 9.17) is 0 Å². The summed E-state index contributed by atoms with van der Waals surface area (Å²) in [6.07, 6.45) is 0.844. The summed E-state index contributed by atoms with van der Waals surface area (Å²) >= 11 is 0. The minimum atomic E-state index is -0.365. The number of carbonyl (C=O) groups excluding carboxylic acids is 2. The van der Waals surface area contributed by atoms with E-state index >= 15 is 0 Å². The van der Waals surface area contributed by atoms with Crippen molar-refractivity contribution in [3.05, 3.63) is 62.4 Å². The third-order valence-corrected chi connectivity index (χ3v) is 5.54. The first-order valence-corrected chi connectivity index (χ1v) is 9.25. The number of hydrogen-bond donors (Lipinski definition) is 2. The molecule has 2 aromatic heterocycles. The molecule has 4 rings (SSSR count). The van der Waals surface area contributed by atoms with E-state index in [0.29, 0.717) is 19.6 Å². The van der Waals surface area contributed by atoms with Gasteiger partial charge in [-0.3, -0.25) is 19.2 Å². The molecule has 0 spiro atoms. The summed E-state index contributed by atoms with van der Waals surface area (Å²) in [6.45, 7) is 2.72. The quantitative estimate of drug-likeness (QED) is 0.766. The van der Waals surface area contributed by atoms with Crippen LogP contribution in [0.4, 0.5) is 0 Å². The van der Waals surface area contributed by atoms with Gasteiger partial charge in [0.15, 0.2) is 0 Å². The zero-order valence-corrected chi connectivity index (χ0v) is 15.4. The first kappa shape index (κ1) is 18.1. The number of nitrogens with zero attached hydrogens (tertiary/aromatic N) is 3. The molecule has 2 amide bonds. The molecule has 0 saturated carbocycles. The molecule has 1 saturated heterocycles. The van der Waals surface area contributed by atoms with Crippen molar-refractivity contribution < 1.29 is 9.59 Å². The molecule has 2 N–H and O–H groups in total. The normalized spacial score (nSPS) is 23.0. The Morgan fingerprint density at radius 3 is 2.75 bits per heavy atom. The molecule has 1 fully saturated rings. The van der Waals surface area contributed by atoms with E-state index in [1.165, 1.54) is 25.1 Å². The Morgan fingerprint density at radius 1 is 1.21 bits per heavy atom. The average molecular weight is 383 g/mol. The third-order valence-electron chi connectivity index (χ3n) is 5.54. The fraction of sp³-hybridized carbons (Fsp3) is 0.421. The summed E-state index contributed by atoms with van der Waals surface area (Å²) in [6, 6.07) is 7.64. The lowest BCUT2D eigenvalue weighted by atomic mass is 9.78. The van der Waals surface area contributed by atoms with Crippen LogP contribution in [0.2, 0.25) is 0 Å². The zero-order chi connectivity index (χ0) is 19.8. The molecule has 4 heterocycles. The number of piperidine rings is 1. The minimum absolute atomic E-state index is 0.0323. The molecule has 2 bridgehead atoms. The number of nitrogens with one attached hydrogen (secondary N) is 2. The van der Waals surface area contributed by atoms with Crippen molar-refractivity contribution in [2.24, 2.45) is 5.92 Å². The molecule has 0 radical (unpaired) electrons. The Balaban J connectivity index is 1.67. The smallest absolute Gasteiger partial charge is 0.274 e. The van der Waals surface area contributed by atoms with E-state index in [1.54, 1.807) is 15.5 Å². The van der Waals surface area contributed by atoms with Crippen LogP contribution in [-0.4, -0.2) is 51.1 Å². The van der Waals surface area contributed by atoms with Crippen molar-refractivity contribution in [2.75, 3.05) is 19.6 Å². The fourth-order valence-corrected chi connectivity index (χ4v) is 4.34. The summed E-state index contributed by atoms with van der Waals surface area (Å²) < 4.78 is 1.77. The van der Waals surface area contributed by atoms with Crippen molar-refractivity contribution >= 4 is 11.8 Å². The highest BCUT2D eigenvalue weighted by molar-refractivity contribution is 5.92. The number of carbonyl (C=O) groups is 2. The molecule has 0 aliphatic carbocycles. The number of hydrogen-bond acceptors (Lipinski definition) is 5. The van der Waals surface area contributed by atoms with Gasteiger partial charge in [-0.25, -0.2) is 5.10 Å². The molecular weight excluding hydrogens is 362 g/mol. The summed E-state index contributed by atoms with van der Waals surface area (Å²) in [5, 5.41) is 8.95. The van der Waals surface area contributed by atoms with Crippen LogP contribution in [0.3, 0.4) is 0 Å². The number of H-pyrrole nitrogens is 1. The lowest BCUT2D eigenvalue weighted by Crippen LogP contribution is -2.53. The number of likely N-dealkylation sites (tertiary alicyclic amines) is 1. The molecule has 146 valence electrons. The molecule has 9 nitrogen and oxygen atoms in total. The number of rotatable bonds is 3. The molecule has 2 aliphatic heterocycles. The summed E-state index contributed by atoms with van der Waals surface area (Å²) in [5.41, 5.74) is 0.606. The number of aromatic amines is 1. The third kappa shape index (κ3) is 3.23. The topological polar surface area (TPSA) is 117 Å². The standard InChI is InChI=1S/C19H21N5O4/c1-11(25)20-8-16-13-7-12(15-3-2-4-18(27)24(15)16)9-23(10-13)19(28)14-5-6-17(26)22-21-14/h2-6,12-13,16H,7-10H2,1H3,(H,20,25)(H,22,26)/t12-,13+,16+/m1/s1. The van der Waals surface area contributed by atoms with Crippen LogP contribution in [-0.2, 0) is 4.79 Å². The van der Waals surface area contributed by atoms with Crippen molar-refractivity contribution in [1.82, 2.24) is 25.0 Å². The monoisotopic (exact) mass is 383 g/mol. The van der Waals surface area contributed by atoms with Crippen LogP contribution >= 0.6 is 0 Å². The lowest BCUT2D eigenvalue weighted by molar-refractivity contribution is -0.119. The Bertz CT molecular complexity index is 1020. The van der Waals surface area contributed by atoms with Gasteiger partial charge < -0.3 is 14.8 Å². The molecule has 0 aromatic carbocycles. The molecule has 28 heavy (non-hydrogen) atoms. The predicted octanol–water partition coefficient (Wildman–Crippen LogP) is -0.132. The van der Waals surface area contributed by atoms with Crippen molar-refractivity contribution in [3.63, 3.8) is 0 Å². The maximum Gasteiger partial charge on any atom is 0.274 e. The lowest BCUT2D eigenvalue weighted by Gasteiger charge is -2.46. The van der Waals surface area contributed by atoms with Crippen molar-refractivity contribution in [3.8, 4) is 0 Å². The maximum atomic E-state index is 12.9. The Kier molecular flexibility index (Phi) is 4.58. The fourth-order valence-electron chi connectivity index (χ4n) is 4.34. The van der Waals surface area contributed by atoms with Crippen molar-refractivity contribution in [2.45, 2.75) is 25.3 Å². The second-order valence-corrected chi connectivity index (χ2v) is 7.37. The number of fused-ring (bicyclic) bond motifs is 4. The molecule has 2 aliphatic rings. The van der Waals surface area contributed by atoms with Gasteiger partial charge in [0, 0.05) is 50.3 Å². The van der Waals surface area contributed by atoms with E-state index in [-0.39, 0.29) is 46.5 Å². The van der Waals surface area contributed by atoms with Gasteiger partial charge in [0.05, 0.1) is 6.04 Å². The predicted molar refractivity (Wildman–Crippen MR) is 100 cm³/mol. The minimum Gasteiger partial charge on any atom is -0.354 e. The van der Waals surface area contributed by atoms with Crippen LogP contribution in [0.1, 0.15) is 41.5 Å². The van der Waals surface area contributed by atoms with Gasteiger partial charge in [-0.15, -0.1) is 0 Å². The Hall–Kier alpha value is -3.23. The summed E-state index contributed by atoms with van der Waals surface area (Å²) in [7, 11) is 0. The average Bonchev–Trinajstić information content (AvgIpc) is 2.68. The second-order valence-electron chi connectivity index (χ2n) is 7.37. The highest BCUT2D eigenvalue weighted by Crippen LogP contribution is 2.41. The molecule has 9 heteroatoms. The Morgan fingerprint density at radius 2 is 2.04 bits per heavy atom. The summed E-state index contributed by atoms with van der Waals surface area (Å²) in [5.74, 6) is -0.345. The molecular formula is C19H21N5O4. The molecule has 0 unspecified atom stereocenters. The Labute approximate surface area is 160 Å². The van der Waals surface area contributed by atoms with Crippen LogP contribution in [0.15, 0.2) is 39.9 Å². The van der Waals surface area contributed by atoms with Gasteiger partial charge in [0.1, 0.15) is 5.69 Å². The molecule has 3 atom stereocenters. The molecule has 2 aromatic rings. The second kappa shape index (κ2) is 7.06. The van der Waals surface area contributed by atoms with Crippen LogP contribution < -0.4 is 16.4 Å². The van der Waals surface area contributed by atoms with E-state index in [2.05, 4.69) is 15.5 Å². The van der Waals surface area contributed by atoms with Gasteiger partial charge >= 0.3 is 0 Å². The van der Waals surface area contributed by atoms with Crippen LogP contribution in [0.25, 0.3) is 0 Å². The van der Waals surface area contributed by atoms with Crippen LogP contribution in [0, 0.1) is 5.92 Å². The highest BCUT2D eigenvalue weighted by atomic mass is 16.2. The maximum absolute atomic E-state index is 12.9. The van der Waals surface area contributed by atoms with Gasteiger partial charge in [0.25, 0.3) is 17.0 Å². The van der Waals surface area contributed by atoms with E-state index in [1.807, 2.05) is 6.07 Å². The highest BCUT2D eigenvalue weighted by Gasteiger charge is 2.42. The summed E-state index contributed by atoms with van der Waals surface area (Å²) in [4.78, 5) is 49.8. The number of amides is 2. The van der Waals surface area contributed by atoms with Crippen LogP contribution in [0.5, 0.6) is 0 Å². The number of pyridine rings is 1. The van der Waals surface area contributed by atoms with Crippen molar-refractivity contribution in [1.29, 1.82) is 0 Å². The van der Waals surface area contributed by atoms with E-state index < -0.39 is 0 Å². The first-order chi connectivity index (χ1) is 13.4. The van der Waals surface area contributed by atoms with Gasteiger partial charge in [-0.1, -0.05) is 6.07 Å². The van der Waals surface area contributed by atoms with Gasteiger partial charge in [0.2, 0.25) is 5.91 Å². The number of aromatic nitrogens is 3. The SMILES string of the molecule is CC(=O)NC[C@H]1[C@H]2C[C@H](CN(C(=O)c3ccc(=O)[nH]n3)C2)c2cccc(=O)n21. The largest absolute Gasteiger partial charge is 0.354 e. The van der Waals surface area contributed by atoms with E-state index in [9.17, 15) is 19.2 Å². The van der Waals surface area contributed by atoms with E-state index in [0.717, 1.165) is 12.1 Å². The zero-order valence-electron chi connectivity index (χ0n) is 15.4. The van der Waals surface area contributed by atoms with Gasteiger partial charge in [-0.2, -0.15) is 5.10 Å².